The van der Waals surface area contributed by atoms with E-state index in [-0.39, 0.29) is 23.5 Å². The molecule has 0 fully saturated rings. The van der Waals surface area contributed by atoms with Crippen molar-refractivity contribution in [2.45, 2.75) is 30.8 Å². The third-order valence-corrected chi connectivity index (χ3v) is 8.11. The average molecular weight is 556 g/mol. The van der Waals surface area contributed by atoms with Crippen LogP contribution in [0.4, 0.5) is 10.1 Å². The van der Waals surface area contributed by atoms with Crippen LogP contribution in [0.5, 0.6) is 11.5 Å². The van der Waals surface area contributed by atoms with Crippen LogP contribution in [0.3, 0.4) is 0 Å². The highest BCUT2D eigenvalue weighted by Crippen LogP contribution is 2.36. The molecule has 2 amide bonds. The number of halogens is 1. The Kier molecular flexibility index (Phi) is 8.70. The number of sulfonamides is 1. The van der Waals surface area contributed by atoms with E-state index in [9.17, 15) is 22.4 Å². The van der Waals surface area contributed by atoms with E-state index >= 15 is 0 Å². The number of carbonyl (C=O) groups is 2. The highest BCUT2D eigenvalue weighted by Gasteiger charge is 2.34. The van der Waals surface area contributed by atoms with Gasteiger partial charge in [0.2, 0.25) is 11.8 Å². The quantitative estimate of drug-likeness (QED) is 0.412. The van der Waals surface area contributed by atoms with Crippen molar-refractivity contribution in [2.75, 3.05) is 31.1 Å². The topological polar surface area (TPSA) is 105 Å². The van der Waals surface area contributed by atoms with E-state index < -0.39 is 40.2 Å². The number of anilines is 1. The number of nitrogens with one attached hydrogen (secondary N) is 1. The van der Waals surface area contributed by atoms with Crippen LogP contribution in [0.25, 0.3) is 0 Å². The van der Waals surface area contributed by atoms with Crippen LogP contribution >= 0.6 is 0 Å². The van der Waals surface area contributed by atoms with Gasteiger partial charge < -0.3 is 19.7 Å². The molecule has 1 heterocycles. The predicted octanol–water partition coefficient (Wildman–Crippen LogP) is 3.35. The molecular formula is C28H30FN3O6S. The van der Waals surface area contributed by atoms with E-state index in [0.717, 1.165) is 4.31 Å². The Morgan fingerprint density at radius 1 is 0.974 bits per heavy atom. The molecule has 0 aliphatic carbocycles. The first-order chi connectivity index (χ1) is 18.7. The van der Waals surface area contributed by atoms with Gasteiger partial charge in [-0.3, -0.25) is 13.9 Å². The van der Waals surface area contributed by atoms with Gasteiger partial charge in [0.25, 0.3) is 10.0 Å². The molecule has 4 rings (SSSR count). The second kappa shape index (κ2) is 12.2. The Morgan fingerprint density at radius 2 is 1.64 bits per heavy atom. The molecule has 1 atom stereocenters. The van der Waals surface area contributed by atoms with Gasteiger partial charge in [0.05, 0.1) is 10.6 Å². The van der Waals surface area contributed by atoms with Gasteiger partial charge in [-0.2, -0.15) is 0 Å². The van der Waals surface area contributed by atoms with Crippen LogP contribution in [0.1, 0.15) is 18.9 Å². The van der Waals surface area contributed by atoms with E-state index in [1.165, 1.54) is 54.4 Å². The van der Waals surface area contributed by atoms with Crippen molar-refractivity contribution in [3.63, 3.8) is 0 Å². The van der Waals surface area contributed by atoms with Gasteiger partial charge in [-0.1, -0.05) is 37.3 Å². The number of hydrogen-bond acceptors (Lipinski definition) is 6. The van der Waals surface area contributed by atoms with Crippen molar-refractivity contribution in [1.29, 1.82) is 0 Å². The number of amides is 2. The van der Waals surface area contributed by atoms with E-state index in [1.807, 2.05) is 0 Å². The van der Waals surface area contributed by atoms with Gasteiger partial charge in [-0.25, -0.2) is 12.8 Å². The Balaban J connectivity index is 1.75. The molecule has 1 aliphatic heterocycles. The van der Waals surface area contributed by atoms with Crippen LogP contribution < -0.4 is 19.1 Å². The van der Waals surface area contributed by atoms with Gasteiger partial charge in [-0.05, 0) is 48.4 Å². The second-order valence-electron chi connectivity index (χ2n) is 8.84. The first kappa shape index (κ1) is 27.9. The first-order valence-corrected chi connectivity index (χ1v) is 13.9. The largest absolute Gasteiger partial charge is 0.486 e. The second-order valence-corrected chi connectivity index (χ2v) is 10.7. The van der Waals surface area contributed by atoms with E-state index in [1.54, 1.807) is 37.3 Å². The molecule has 1 N–H and O–H groups in total. The minimum Gasteiger partial charge on any atom is -0.486 e. The molecule has 0 saturated carbocycles. The van der Waals surface area contributed by atoms with Crippen LogP contribution in [0.15, 0.2) is 77.7 Å². The Bertz CT molecular complexity index is 1420. The summed E-state index contributed by atoms with van der Waals surface area (Å²) < 4.78 is 53.4. The monoisotopic (exact) mass is 555 g/mol. The lowest BCUT2D eigenvalue weighted by Crippen LogP contribution is -2.51. The maximum atomic E-state index is 13.9. The van der Waals surface area contributed by atoms with Crippen molar-refractivity contribution in [3.8, 4) is 11.5 Å². The van der Waals surface area contributed by atoms with E-state index in [4.69, 9.17) is 9.47 Å². The lowest BCUT2D eigenvalue weighted by molar-refractivity contribution is -0.140. The summed E-state index contributed by atoms with van der Waals surface area (Å²) in [6.45, 7) is 1.81. The van der Waals surface area contributed by atoms with Crippen molar-refractivity contribution >= 4 is 27.5 Å². The summed E-state index contributed by atoms with van der Waals surface area (Å²) in [6.07, 6.45) is 0.280. The number of nitrogens with zero attached hydrogens (tertiary/aromatic N) is 2. The Morgan fingerprint density at radius 3 is 2.28 bits per heavy atom. The minimum atomic E-state index is -4.21. The molecule has 0 spiro atoms. The minimum absolute atomic E-state index is 0.00360. The number of hydrogen-bond donors (Lipinski definition) is 1. The highest BCUT2D eigenvalue weighted by atomic mass is 32.2. The summed E-state index contributed by atoms with van der Waals surface area (Å²) >= 11 is 0. The third kappa shape index (κ3) is 6.31. The zero-order valence-electron chi connectivity index (χ0n) is 21.7. The number of rotatable bonds is 10. The number of benzene rings is 3. The number of fused-ring (bicyclic) bond motifs is 1. The molecule has 0 radical (unpaired) electrons. The molecule has 0 saturated heterocycles. The van der Waals surface area contributed by atoms with E-state index in [0.29, 0.717) is 30.3 Å². The summed E-state index contributed by atoms with van der Waals surface area (Å²) in [4.78, 5) is 27.9. The number of carbonyl (C=O) groups excluding carboxylic acids is 2. The summed E-state index contributed by atoms with van der Waals surface area (Å²) in [5.41, 5.74) is 0.787. The fraction of sp³-hybridized carbons (Fsp3) is 0.286. The summed E-state index contributed by atoms with van der Waals surface area (Å²) in [7, 11) is -2.74. The normalized spacial score (nSPS) is 13.3. The predicted molar refractivity (Wildman–Crippen MR) is 144 cm³/mol. The first-order valence-electron chi connectivity index (χ1n) is 12.5. The molecule has 11 heteroatoms. The maximum Gasteiger partial charge on any atom is 0.264 e. The summed E-state index contributed by atoms with van der Waals surface area (Å²) in [5.74, 6) is -0.612. The van der Waals surface area contributed by atoms with Crippen molar-refractivity contribution in [2.24, 2.45) is 0 Å². The maximum absolute atomic E-state index is 13.9. The number of ether oxygens (including phenoxy) is 2. The third-order valence-electron chi connectivity index (χ3n) is 6.32. The van der Waals surface area contributed by atoms with Gasteiger partial charge in [0.1, 0.15) is 31.6 Å². The zero-order chi connectivity index (χ0) is 28.0. The van der Waals surface area contributed by atoms with Crippen molar-refractivity contribution < 1.29 is 31.9 Å². The zero-order valence-corrected chi connectivity index (χ0v) is 22.5. The van der Waals surface area contributed by atoms with Crippen LogP contribution in [-0.2, 0) is 26.2 Å². The lowest BCUT2D eigenvalue weighted by Gasteiger charge is -2.33. The average Bonchev–Trinajstić information content (AvgIpc) is 2.96. The Labute approximate surface area is 227 Å². The van der Waals surface area contributed by atoms with Crippen molar-refractivity contribution in [1.82, 2.24) is 10.2 Å². The molecule has 39 heavy (non-hydrogen) atoms. The summed E-state index contributed by atoms with van der Waals surface area (Å²) in [6, 6.07) is 17.1. The van der Waals surface area contributed by atoms with Gasteiger partial charge in [0.15, 0.2) is 11.5 Å². The smallest absolute Gasteiger partial charge is 0.264 e. The molecule has 9 nitrogen and oxygen atoms in total. The molecule has 3 aromatic rings. The van der Waals surface area contributed by atoms with E-state index in [2.05, 4.69) is 5.32 Å². The van der Waals surface area contributed by atoms with Gasteiger partial charge >= 0.3 is 0 Å². The molecule has 3 aromatic carbocycles. The Hall–Kier alpha value is -4.12. The van der Waals surface area contributed by atoms with Gasteiger partial charge in [0, 0.05) is 19.7 Å². The SMILES string of the molecule is CC[C@@H](C(=O)NC)N(Cc1ccc(F)cc1)C(=O)CN(c1ccc2c(c1)OCCO2)S(=O)(=O)c1ccccc1. The fourth-order valence-electron chi connectivity index (χ4n) is 4.31. The molecule has 1 aliphatic rings. The molecule has 0 aromatic heterocycles. The summed E-state index contributed by atoms with van der Waals surface area (Å²) in [5, 5.41) is 2.57. The molecular weight excluding hydrogens is 525 g/mol. The lowest BCUT2D eigenvalue weighted by atomic mass is 10.1. The number of likely N-dealkylation sites (N-methyl/N-ethyl adjacent to an activating group) is 1. The van der Waals surface area contributed by atoms with Crippen LogP contribution in [-0.4, -0.2) is 58.0 Å². The van der Waals surface area contributed by atoms with Crippen LogP contribution in [0.2, 0.25) is 0 Å². The fourth-order valence-corrected chi connectivity index (χ4v) is 5.74. The van der Waals surface area contributed by atoms with Gasteiger partial charge in [-0.15, -0.1) is 0 Å². The molecule has 0 bridgehead atoms. The molecule has 206 valence electrons. The van der Waals surface area contributed by atoms with Crippen LogP contribution in [0, 0.1) is 5.82 Å². The van der Waals surface area contributed by atoms with Crippen molar-refractivity contribution in [3.05, 3.63) is 84.2 Å². The highest BCUT2D eigenvalue weighted by molar-refractivity contribution is 7.92. The standard InChI is InChI=1S/C28H30FN3O6S/c1-3-24(28(34)30-2)31(18-20-9-11-21(29)12-10-20)27(33)19-32(39(35,36)23-7-5-4-6-8-23)22-13-14-25-26(17-22)38-16-15-37-25/h4-14,17,24H,3,15-16,18-19H2,1-2H3,(H,30,34)/t24-/m0/s1. The molecule has 0 unspecified atom stereocenters.